The summed E-state index contributed by atoms with van der Waals surface area (Å²) < 4.78 is 24.9. The van der Waals surface area contributed by atoms with Crippen LogP contribution in [0.15, 0.2) is 30.3 Å². The first-order valence-corrected chi connectivity index (χ1v) is 8.63. The van der Waals surface area contributed by atoms with E-state index in [1.54, 1.807) is 0 Å². The lowest BCUT2D eigenvalue weighted by molar-refractivity contribution is 0.480. The Balaban J connectivity index is 3.01. The van der Waals surface area contributed by atoms with Crippen molar-refractivity contribution in [3.63, 3.8) is 0 Å². The molecule has 1 rings (SSSR count). The summed E-state index contributed by atoms with van der Waals surface area (Å²) in [7, 11) is -3.16. The van der Waals surface area contributed by atoms with E-state index in [1.807, 2.05) is 51.1 Å². The highest BCUT2D eigenvalue weighted by atomic mass is 32.2. The highest BCUT2D eigenvalue weighted by Crippen LogP contribution is 2.27. The van der Waals surface area contributed by atoms with Gasteiger partial charge in [-0.3, -0.25) is 0 Å². The first-order valence-electron chi connectivity index (χ1n) is 6.92. The molecule has 0 saturated carbocycles. The Morgan fingerprint density at radius 2 is 1.74 bits per heavy atom. The van der Waals surface area contributed by atoms with Crippen molar-refractivity contribution < 1.29 is 8.42 Å². The molecule has 108 valence electrons. The van der Waals surface area contributed by atoms with Gasteiger partial charge in [0.1, 0.15) is 0 Å². The van der Waals surface area contributed by atoms with Crippen LogP contribution in [-0.4, -0.2) is 19.4 Å². The molecule has 4 heteroatoms. The van der Waals surface area contributed by atoms with Gasteiger partial charge in [0.2, 0.25) is 0 Å². The third kappa shape index (κ3) is 4.32. The maximum absolute atomic E-state index is 12.5. The summed E-state index contributed by atoms with van der Waals surface area (Å²) in [6.45, 7) is 5.85. The Hall–Kier alpha value is -0.870. The van der Waals surface area contributed by atoms with Gasteiger partial charge in [-0.05, 0) is 17.9 Å². The molecule has 0 aliphatic carbocycles. The van der Waals surface area contributed by atoms with Crippen LogP contribution < -0.4 is 5.73 Å². The van der Waals surface area contributed by atoms with Crippen LogP contribution in [0.25, 0.3) is 0 Å². The zero-order valence-electron chi connectivity index (χ0n) is 12.0. The zero-order valence-corrected chi connectivity index (χ0v) is 12.9. The Bertz CT molecular complexity index is 468. The van der Waals surface area contributed by atoms with E-state index >= 15 is 0 Å². The summed E-state index contributed by atoms with van der Waals surface area (Å²) in [6, 6.07) is 9.04. The minimum Gasteiger partial charge on any atom is -0.323 e. The number of hydrogen-bond donors (Lipinski definition) is 1. The molecule has 0 aliphatic heterocycles. The summed E-state index contributed by atoms with van der Waals surface area (Å²) in [5.41, 5.74) is 7.11. The van der Waals surface area contributed by atoms with Crippen LogP contribution in [0.1, 0.15) is 45.2 Å². The number of sulfone groups is 1. The third-order valence-electron chi connectivity index (χ3n) is 3.39. The van der Waals surface area contributed by atoms with E-state index < -0.39 is 21.1 Å². The van der Waals surface area contributed by atoms with Crippen molar-refractivity contribution in [1.29, 1.82) is 0 Å². The molecule has 3 nitrogen and oxygen atoms in total. The van der Waals surface area contributed by atoms with E-state index in [2.05, 4.69) is 0 Å². The average Bonchev–Trinajstić information content (AvgIpc) is 2.36. The summed E-state index contributed by atoms with van der Waals surface area (Å²) in [5.74, 6) is 0.240. The molecule has 2 unspecified atom stereocenters. The molecule has 2 N–H and O–H groups in total. The summed E-state index contributed by atoms with van der Waals surface area (Å²) in [4.78, 5) is 0. The number of hydrogen-bond acceptors (Lipinski definition) is 3. The molecule has 0 saturated heterocycles. The predicted molar refractivity (Wildman–Crippen MR) is 80.7 cm³/mol. The lowest BCUT2D eigenvalue weighted by atomic mass is 9.97. The maximum Gasteiger partial charge on any atom is 0.155 e. The van der Waals surface area contributed by atoms with Crippen molar-refractivity contribution in [2.45, 2.75) is 44.9 Å². The van der Waals surface area contributed by atoms with Gasteiger partial charge in [0.25, 0.3) is 0 Å². The van der Waals surface area contributed by atoms with E-state index in [-0.39, 0.29) is 11.7 Å². The number of benzene rings is 1. The Morgan fingerprint density at radius 1 is 1.16 bits per heavy atom. The lowest BCUT2D eigenvalue weighted by Gasteiger charge is -2.27. The molecule has 0 bridgehead atoms. The van der Waals surface area contributed by atoms with E-state index in [1.165, 1.54) is 0 Å². The largest absolute Gasteiger partial charge is 0.323 e. The van der Waals surface area contributed by atoms with E-state index in [4.69, 9.17) is 5.73 Å². The van der Waals surface area contributed by atoms with Gasteiger partial charge in [0.05, 0.1) is 11.0 Å². The van der Waals surface area contributed by atoms with Crippen LogP contribution in [0.4, 0.5) is 0 Å². The molecule has 0 aliphatic rings. The van der Waals surface area contributed by atoms with Crippen LogP contribution in [0.3, 0.4) is 0 Å². The van der Waals surface area contributed by atoms with Crippen LogP contribution in [0.2, 0.25) is 0 Å². The van der Waals surface area contributed by atoms with E-state index in [0.29, 0.717) is 6.42 Å². The van der Waals surface area contributed by atoms with Gasteiger partial charge < -0.3 is 5.73 Å². The van der Waals surface area contributed by atoms with Crippen LogP contribution >= 0.6 is 0 Å². The molecule has 0 fully saturated rings. The van der Waals surface area contributed by atoms with Crippen molar-refractivity contribution in [2.75, 3.05) is 5.75 Å². The highest BCUT2D eigenvalue weighted by Gasteiger charge is 2.34. The summed E-state index contributed by atoms with van der Waals surface area (Å²) >= 11 is 0. The van der Waals surface area contributed by atoms with Gasteiger partial charge in [0, 0.05) is 6.04 Å². The zero-order chi connectivity index (χ0) is 14.5. The molecular weight excluding hydrogens is 258 g/mol. The molecule has 0 spiro atoms. The minimum atomic E-state index is -3.16. The van der Waals surface area contributed by atoms with Gasteiger partial charge in [-0.25, -0.2) is 8.42 Å². The number of nitrogens with two attached hydrogens (primary N) is 1. The molecule has 0 amide bonds. The Morgan fingerprint density at radius 3 is 2.21 bits per heavy atom. The van der Waals surface area contributed by atoms with Gasteiger partial charge >= 0.3 is 0 Å². The number of unbranched alkanes of at least 4 members (excludes halogenated alkanes) is 1. The van der Waals surface area contributed by atoms with Crippen molar-refractivity contribution in [3.05, 3.63) is 35.9 Å². The van der Waals surface area contributed by atoms with Crippen molar-refractivity contribution in [3.8, 4) is 0 Å². The molecule has 2 atom stereocenters. The topological polar surface area (TPSA) is 60.2 Å². The molecular formula is C15H25NO2S. The second-order valence-electron chi connectivity index (χ2n) is 5.37. The summed E-state index contributed by atoms with van der Waals surface area (Å²) in [5, 5.41) is -0.513. The van der Waals surface area contributed by atoms with Crippen molar-refractivity contribution >= 4 is 9.84 Å². The second-order valence-corrected chi connectivity index (χ2v) is 7.64. The SMILES string of the molecule is CCCCS(=O)(=O)C(C(C)C)C(N)c1ccccc1. The molecule has 19 heavy (non-hydrogen) atoms. The average molecular weight is 283 g/mol. The number of rotatable bonds is 7. The first kappa shape index (κ1) is 16.2. The highest BCUT2D eigenvalue weighted by molar-refractivity contribution is 7.92. The van der Waals surface area contributed by atoms with Gasteiger partial charge in [-0.15, -0.1) is 0 Å². The predicted octanol–water partition coefficient (Wildman–Crippen LogP) is 2.93. The molecule has 1 aromatic rings. The second kappa shape index (κ2) is 7.06. The van der Waals surface area contributed by atoms with E-state index in [0.717, 1.165) is 12.0 Å². The molecule has 0 heterocycles. The lowest BCUT2D eigenvalue weighted by Crippen LogP contribution is -2.39. The molecule has 0 radical (unpaired) electrons. The van der Waals surface area contributed by atoms with Crippen molar-refractivity contribution in [1.82, 2.24) is 0 Å². The van der Waals surface area contributed by atoms with Crippen molar-refractivity contribution in [2.24, 2.45) is 11.7 Å². The standard InChI is InChI=1S/C15H25NO2S/c1-4-5-11-19(17,18)15(12(2)3)14(16)13-9-7-6-8-10-13/h6-10,12,14-15H,4-5,11,16H2,1-3H3. The first-order chi connectivity index (χ1) is 8.90. The normalized spacial score (nSPS) is 15.4. The van der Waals surface area contributed by atoms with Gasteiger partial charge in [-0.1, -0.05) is 57.5 Å². The van der Waals surface area contributed by atoms with Crippen LogP contribution in [0, 0.1) is 5.92 Å². The van der Waals surface area contributed by atoms with Crippen LogP contribution in [-0.2, 0) is 9.84 Å². The van der Waals surface area contributed by atoms with Gasteiger partial charge in [0.15, 0.2) is 9.84 Å². The fraction of sp³-hybridized carbons (Fsp3) is 0.600. The van der Waals surface area contributed by atoms with E-state index in [9.17, 15) is 8.42 Å². The molecule has 0 aromatic heterocycles. The quantitative estimate of drug-likeness (QED) is 0.837. The fourth-order valence-corrected chi connectivity index (χ4v) is 4.80. The fourth-order valence-electron chi connectivity index (χ4n) is 2.40. The van der Waals surface area contributed by atoms with Gasteiger partial charge in [-0.2, -0.15) is 0 Å². The molecule has 1 aromatic carbocycles. The smallest absolute Gasteiger partial charge is 0.155 e. The Labute approximate surface area is 117 Å². The Kier molecular flexibility index (Phi) is 6.01. The maximum atomic E-state index is 12.5. The van der Waals surface area contributed by atoms with Crippen LogP contribution in [0.5, 0.6) is 0 Å². The summed E-state index contributed by atoms with van der Waals surface area (Å²) in [6.07, 6.45) is 1.58. The minimum absolute atomic E-state index is 0.0112. The third-order valence-corrected chi connectivity index (χ3v) is 5.92. The monoisotopic (exact) mass is 283 g/mol.